The van der Waals surface area contributed by atoms with Crippen LogP contribution in [0, 0.1) is 0 Å². The third-order valence-corrected chi connectivity index (χ3v) is 4.87. The molecule has 0 fully saturated rings. The second-order valence-electron chi connectivity index (χ2n) is 5.64. The minimum atomic E-state index is -4.42. The zero-order chi connectivity index (χ0) is 17.5. The Morgan fingerprint density at radius 1 is 1.16 bits per heavy atom. The maximum absolute atomic E-state index is 11.6. The van der Waals surface area contributed by atoms with Gasteiger partial charge < -0.3 is 5.11 Å². The Balaban J connectivity index is 0.00000225. The van der Waals surface area contributed by atoms with E-state index in [9.17, 15) is 18.1 Å². The van der Waals surface area contributed by atoms with Crippen LogP contribution >= 0.6 is 0 Å². The molecule has 0 saturated heterocycles. The number of phenols is 1. The first-order chi connectivity index (χ1) is 11.3. The number of fused-ring (bicyclic) bond motifs is 1. The summed E-state index contributed by atoms with van der Waals surface area (Å²) in [7, 11) is -4.42. The van der Waals surface area contributed by atoms with Crippen molar-refractivity contribution in [2.24, 2.45) is 0 Å². The minimum absolute atomic E-state index is 0. The van der Waals surface area contributed by atoms with Crippen molar-refractivity contribution in [1.29, 1.82) is 0 Å². The number of aromatic nitrogens is 3. The topological polar surface area (TPSA) is 105 Å². The molecule has 0 spiro atoms. The first-order valence-electron chi connectivity index (χ1n) is 7.48. The molecule has 1 unspecified atom stereocenters. The van der Waals surface area contributed by atoms with Gasteiger partial charge in [-0.15, -0.1) is 15.0 Å². The molecule has 1 atom stereocenters. The van der Waals surface area contributed by atoms with Crippen molar-refractivity contribution in [2.45, 2.75) is 31.1 Å². The van der Waals surface area contributed by atoms with E-state index in [-0.39, 0.29) is 51.8 Å². The second-order valence-corrected chi connectivity index (χ2v) is 7.06. The van der Waals surface area contributed by atoms with E-state index < -0.39 is 10.1 Å². The van der Waals surface area contributed by atoms with Gasteiger partial charge in [-0.3, -0.25) is 4.55 Å². The maximum atomic E-state index is 11.6. The van der Waals surface area contributed by atoms with Crippen LogP contribution in [-0.4, -0.2) is 62.6 Å². The number of benzene rings is 2. The maximum Gasteiger partial charge on any atom is 0.294 e. The van der Waals surface area contributed by atoms with E-state index in [2.05, 4.69) is 10.2 Å². The van der Waals surface area contributed by atoms with Crippen LogP contribution in [0.4, 0.5) is 0 Å². The average Bonchev–Trinajstić information content (AvgIpc) is 2.97. The summed E-state index contributed by atoms with van der Waals surface area (Å²) < 4.78 is 32.6. The Hall–Kier alpha value is -1.45. The fraction of sp³-hybridized carbons (Fsp3) is 0.250. The molecule has 2 N–H and O–H groups in total. The van der Waals surface area contributed by atoms with E-state index in [1.165, 1.54) is 10.9 Å². The summed E-state index contributed by atoms with van der Waals surface area (Å²) in [5.41, 5.74) is 1.75. The predicted molar refractivity (Wildman–Crippen MR) is 94.8 cm³/mol. The molecule has 1 heterocycles. The van der Waals surface area contributed by atoms with E-state index in [0.29, 0.717) is 23.0 Å². The molecular formula is C16H17N3NaO4S. The van der Waals surface area contributed by atoms with E-state index in [0.717, 1.165) is 6.07 Å². The zero-order valence-electron chi connectivity index (χ0n) is 14.2. The summed E-state index contributed by atoms with van der Waals surface area (Å²) in [6.45, 7) is 3.78. The predicted octanol–water partition coefficient (Wildman–Crippen LogP) is 2.51. The van der Waals surface area contributed by atoms with E-state index in [1.807, 2.05) is 13.8 Å². The Morgan fingerprint density at radius 3 is 2.20 bits per heavy atom. The average molecular weight is 370 g/mol. The van der Waals surface area contributed by atoms with Gasteiger partial charge in [0.05, 0.1) is 4.90 Å². The first-order valence-corrected chi connectivity index (χ1v) is 8.92. The van der Waals surface area contributed by atoms with Crippen LogP contribution in [0.1, 0.15) is 31.7 Å². The van der Waals surface area contributed by atoms with Gasteiger partial charge in [-0.2, -0.15) is 8.42 Å². The van der Waals surface area contributed by atoms with Gasteiger partial charge in [-0.1, -0.05) is 26.0 Å². The summed E-state index contributed by atoms with van der Waals surface area (Å²) >= 11 is 0. The van der Waals surface area contributed by atoms with Gasteiger partial charge in [0.15, 0.2) is 0 Å². The molecule has 127 valence electrons. The molecule has 0 bridgehead atoms. The van der Waals surface area contributed by atoms with Crippen LogP contribution in [0.15, 0.2) is 41.3 Å². The smallest absolute Gasteiger partial charge is 0.294 e. The van der Waals surface area contributed by atoms with Crippen LogP contribution < -0.4 is 0 Å². The Bertz CT molecular complexity index is 984. The largest absolute Gasteiger partial charge is 0.505 e. The molecule has 0 aliphatic heterocycles. The van der Waals surface area contributed by atoms with Crippen molar-refractivity contribution in [3.8, 4) is 11.4 Å². The number of aromatic hydroxyl groups is 1. The van der Waals surface area contributed by atoms with Crippen molar-refractivity contribution in [2.75, 3.05) is 0 Å². The fourth-order valence-corrected chi connectivity index (χ4v) is 3.02. The van der Waals surface area contributed by atoms with Crippen molar-refractivity contribution in [3.63, 3.8) is 0 Å². The summed E-state index contributed by atoms with van der Waals surface area (Å²) in [5, 5.41) is 19.1. The number of hydrogen-bond acceptors (Lipinski definition) is 5. The van der Waals surface area contributed by atoms with E-state index in [4.69, 9.17) is 0 Å². The first kappa shape index (κ1) is 19.9. The summed E-state index contributed by atoms with van der Waals surface area (Å²) in [4.78, 5) is 0.882. The van der Waals surface area contributed by atoms with Gasteiger partial charge in [-0.05, 0) is 36.6 Å². The van der Waals surface area contributed by atoms with Crippen LogP contribution in [0.2, 0.25) is 0 Å². The molecule has 1 aromatic heterocycles. The quantitative estimate of drug-likeness (QED) is 0.540. The summed E-state index contributed by atoms with van der Waals surface area (Å²) in [6, 6.07) is 9.58. The Labute approximate surface area is 167 Å². The standard InChI is InChI=1S/C16H17N3O4S.Na/c1-3-10(2)12-8-11(24(21,22)23)9-15(16(12)20)19-17-13-6-4-5-7-14(13)18-19;/h4-10,20H,3H2,1-2H3,(H,21,22,23);. The SMILES string of the molecule is CCC(C)c1cc(S(=O)(=O)O)cc(-n2nc3ccccc3n2)c1O.[Na]. The molecule has 25 heavy (non-hydrogen) atoms. The molecule has 1 radical (unpaired) electrons. The molecule has 3 aromatic rings. The summed E-state index contributed by atoms with van der Waals surface area (Å²) in [5.74, 6) is -0.201. The van der Waals surface area contributed by atoms with Crippen LogP contribution in [-0.2, 0) is 10.1 Å². The van der Waals surface area contributed by atoms with Crippen LogP contribution in [0.3, 0.4) is 0 Å². The zero-order valence-corrected chi connectivity index (χ0v) is 17.0. The molecule has 0 amide bonds. The normalized spacial score (nSPS) is 12.8. The van der Waals surface area contributed by atoms with Gasteiger partial charge in [0.2, 0.25) is 0 Å². The van der Waals surface area contributed by atoms with Crippen LogP contribution in [0.25, 0.3) is 16.7 Å². The Morgan fingerprint density at radius 2 is 1.72 bits per heavy atom. The van der Waals surface area contributed by atoms with Gasteiger partial charge >= 0.3 is 0 Å². The number of hydrogen-bond donors (Lipinski definition) is 2. The number of nitrogens with zero attached hydrogens (tertiary/aromatic N) is 3. The molecule has 0 saturated carbocycles. The minimum Gasteiger partial charge on any atom is -0.505 e. The number of rotatable bonds is 4. The van der Waals surface area contributed by atoms with Crippen molar-refractivity contribution in [3.05, 3.63) is 42.0 Å². The molecule has 9 heteroatoms. The van der Waals surface area contributed by atoms with Crippen molar-refractivity contribution in [1.82, 2.24) is 15.0 Å². The van der Waals surface area contributed by atoms with Gasteiger partial charge in [0.25, 0.3) is 10.1 Å². The molecule has 0 aliphatic rings. The van der Waals surface area contributed by atoms with Gasteiger partial charge in [-0.25, -0.2) is 0 Å². The monoisotopic (exact) mass is 370 g/mol. The van der Waals surface area contributed by atoms with Crippen LogP contribution in [0.5, 0.6) is 5.75 Å². The fourth-order valence-electron chi connectivity index (χ4n) is 2.48. The summed E-state index contributed by atoms with van der Waals surface area (Å²) in [6.07, 6.45) is 0.691. The van der Waals surface area contributed by atoms with Gasteiger partial charge in [0.1, 0.15) is 22.5 Å². The second kappa shape index (κ2) is 7.43. The van der Waals surface area contributed by atoms with E-state index >= 15 is 0 Å². The molecule has 0 aliphatic carbocycles. The van der Waals surface area contributed by atoms with Crippen molar-refractivity contribution < 1.29 is 18.1 Å². The molecule has 3 rings (SSSR count). The van der Waals surface area contributed by atoms with E-state index in [1.54, 1.807) is 24.3 Å². The molecule has 7 nitrogen and oxygen atoms in total. The Kier molecular flexibility index (Phi) is 5.90. The number of phenolic OH excluding ortho intramolecular Hbond substituents is 1. The van der Waals surface area contributed by atoms with Gasteiger partial charge in [0, 0.05) is 35.1 Å². The molecular weight excluding hydrogens is 353 g/mol. The third kappa shape index (κ3) is 3.88. The molecule has 2 aromatic carbocycles. The third-order valence-electron chi connectivity index (χ3n) is 4.04. The van der Waals surface area contributed by atoms with Crippen molar-refractivity contribution >= 4 is 50.7 Å².